The van der Waals surface area contributed by atoms with Crippen LogP contribution in [0.2, 0.25) is 5.15 Å². The number of aryl methyl sites for hydroxylation is 1. The Labute approximate surface area is 162 Å². The fourth-order valence-corrected chi connectivity index (χ4v) is 3.18. The average molecular weight is 394 g/mol. The first-order valence-electron chi connectivity index (χ1n) is 9.06. The zero-order valence-corrected chi connectivity index (χ0v) is 16.2. The molecule has 27 heavy (non-hydrogen) atoms. The number of ether oxygens (including phenoxy) is 1. The van der Waals surface area contributed by atoms with E-state index >= 15 is 0 Å². The van der Waals surface area contributed by atoms with Gasteiger partial charge in [0.25, 0.3) is 0 Å². The van der Waals surface area contributed by atoms with Crippen molar-refractivity contribution in [2.45, 2.75) is 39.7 Å². The van der Waals surface area contributed by atoms with E-state index in [4.69, 9.17) is 32.4 Å². The molecule has 3 heterocycles. The van der Waals surface area contributed by atoms with Crippen molar-refractivity contribution >= 4 is 28.5 Å². The maximum atomic E-state index is 6.28. The first kappa shape index (κ1) is 19.4. The van der Waals surface area contributed by atoms with Crippen molar-refractivity contribution in [3.05, 3.63) is 11.3 Å². The summed E-state index contributed by atoms with van der Waals surface area (Å²) in [6.07, 6.45) is 4.88. The highest BCUT2D eigenvalue weighted by Crippen LogP contribution is 2.34. The quantitative estimate of drug-likeness (QED) is 0.530. The number of rotatable bonds is 9. The smallest absolute Gasteiger partial charge is 0.199 e. The zero-order valence-electron chi connectivity index (χ0n) is 15.5. The van der Waals surface area contributed by atoms with Crippen LogP contribution in [0.15, 0.2) is 10.8 Å². The number of pyridine rings is 1. The summed E-state index contributed by atoms with van der Waals surface area (Å²) in [4.78, 5) is 8.77. The molecule has 0 saturated heterocycles. The lowest BCUT2D eigenvalue weighted by atomic mass is 10.0. The van der Waals surface area contributed by atoms with Crippen LogP contribution < -0.4 is 16.2 Å². The van der Waals surface area contributed by atoms with E-state index in [1.807, 2.05) is 11.5 Å². The summed E-state index contributed by atoms with van der Waals surface area (Å²) < 4.78 is 12.7. The monoisotopic (exact) mass is 393 g/mol. The highest BCUT2D eigenvalue weighted by atomic mass is 35.5. The van der Waals surface area contributed by atoms with Crippen molar-refractivity contribution in [1.82, 2.24) is 24.8 Å². The van der Waals surface area contributed by atoms with Crippen molar-refractivity contribution < 1.29 is 9.37 Å². The third kappa shape index (κ3) is 3.84. The van der Waals surface area contributed by atoms with E-state index in [0.29, 0.717) is 42.5 Å². The highest BCUT2D eigenvalue weighted by Gasteiger charge is 2.23. The summed E-state index contributed by atoms with van der Waals surface area (Å²) in [6, 6.07) is 0. The van der Waals surface area contributed by atoms with E-state index in [2.05, 4.69) is 27.2 Å². The SMILES string of the molecule is CCCCC(CN)COc1cnc(Cl)c2nc(-c3nonc3N)n(CC)c12. The van der Waals surface area contributed by atoms with Gasteiger partial charge in [-0.2, -0.15) is 0 Å². The highest BCUT2D eigenvalue weighted by molar-refractivity contribution is 6.34. The number of halogens is 1. The maximum Gasteiger partial charge on any atom is 0.199 e. The summed E-state index contributed by atoms with van der Waals surface area (Å²) >= 11 is 6.28. The Hall–Kier alpha value is -2.39. The third-order valence-electron chi connectivity index (χ3n) is 4.51. The van der Waals surface area contributed by atoms with E-state index < -0.39 is 0 Å². The van der Waals surface area contributed by atoms with Gasteiger partial charge in [0, 0.05) is 12.5 Å². The van der Waals surface area contributed by atoms with E-state index in [9.17, 15) is 0 Å². The van der Waals surface area contributed by atoms with Crippen molar-refractivity contribution in [3.8, 4) is 17.3 Å². The lowest BCUT2D eigenvalue weighted by Gasteiger charge is -2.16. The lowest BCUT2D eigenvalue weighted by Crippen LogP contribution is -2.21. The topological polar surface area (TPSA) is 131 Å². The fraction of sp³-hybridized carbons (Fsp3) is 0.529. The second-order valence-electron chi connectivity index (χ2n) is 6.34. The number of unbranched alkanes of at least 4 members (excludes halogenated alkanes) is 1. The Balaban J connectivity index is 2.00. The van der Waals surface area contributed by atoms with E-state index in [-0.39, 0.29) is 16.9 Å². The fourth-order valence-electron chi connectivity index (χ4n) is 3.00. The van der Waals surface area contributed by atoms with Crippen LogP contribution in [-0.4, -0.2) is 38.0 Å². The minimum Gasteiger partial charge on any atom is -0.489 e. The van der Waals surface area contributed by atoms with Gasteiger partial charge in [0.15, 0.2) is 28.2 Å². The van der Waals surface area contributed by atoms with Gasteiger partial charge in [-0.15, -0.1) is 0 Å². The molecule has 4 N–H and O–H groups in total. The molecule has 0 aromatic carbocycles. The van der Waals surface area contributed by atoms with E-state index in [1.54, 1.807) is 6.20 Å². The first-order chi connectivity index (χ1) is 13.1. The summed E-state index contributed by atoms with van der Waals surface area (Å²) in [5, 5.41) is 7.76. The predicted molar refractivity (Wildman–Crippen MR) is 103 cm³/mol. The molecule has 1 unspecified atom stereocenters. The van der Waals surface area contributed by atoms with Gasteiger partial charge >= 0.3 is 0 Å². The Morgan fingerprint density at radius 1 is 1.33 bits per heavy atom. The molecule has 0 aliphatic carbocycles. The molecule has 0 saturated carbocycles. The zero-order chi connectivity index (χ0) is 19.4. The number of nitrogens with two attached hydrogens (primary N) is 2. The molecule has 0 spiro atoms. The number of nitrogen functional groups attached to an aromatic ring is 1. The van der Waals surface area contributed by atoms with Gasteiger partial charge in [0.1, 0.15) is 11.0 Å². The van der Waals surface area contributed by atoms with Crippen LogP contribution in [0.5, 0.6) is 5.75 Å². The van der Waals surface area contributed by atoms with Crippen molar-refractivity contribution in [1.29, 1.82) is 0 Å². The number of aromatic nitrogens is 5. The summed E-state index contributed by atoms with van der Waals surface area (Å²) in [5.74, 6) is 1.55. The van der Waals surface area contributed by atoms with Gasteiger partial charge in [-0.3, -0.25) is 0 Å². The van der Waals surface area contributed by atoms with Crippen LogP contribution >= 0.6 is 11.6 Å². The van der Waals surface area contributed by atoms with Gasteiger partial charge in [0.05, 0.1) is 12.8 Å². The second-order valence-corrected chi connectivity index (χ2v) is 6.70. The van der Waals surface area contributed by atoms with E-state index in [1.165, 1.54) is 0 Å². The number of anilines is 1. The molecule has 3 aromatic heterocycles. The van der Waals surface area contributed by atoms with Crippen LogP contribution in [0.3, 0.4) is 0 Å². The van der Waals surface area contributed by atoms with Crippen molar-refractivity contribution in [3.63, 3.8) is 0 Å². The van der Waals surface area contributed by atoms with Crippen LogP contribution in [0, 0.1) is 5.92 Å². The van der Waals surface area contributed by atoms with Crippen LogP contribution in [0.25, 0.3) is 22.6 Å². The number of nitrogens with zero attached hydrogens (tertiary/aromatic N) is 5. The molecule has 1 atom stereocenters. The number of imidazole rings is 1. The molecule has 10 heteroatoms. The maximum absolute atomic E-state index is 6.28. The first-order valence-corrected chi connectivity index (χ1v) is 9.44. The Bertz CT molecular complexity index is 908. The number of hydrogen-bond acceptors (Lipinski definition) is 8. The van der Waals surface area contributed by atoms with Crippen LogP contribution in [-0.2, 0) is 6.54 Å². The lowest BCUT2D eigenvalue weighted by molar-refractivity contribution is 0.243. The van der Waals surface area contributed by atoms with Crippen LogP contribution in [0.4, 0.5) is 5.82 Å². The minimum atomic E-state index is 0.161. The normalized spacial score (nSPS) is 12.6. The second kappa shape index (κ2) is 8.53. The molecule has 0 aliphatic rings. The molecule has 146 valence electrons. The van der Waals surface area contributed by atoms with Crippen molar-refractivity contribution in [2.24, 2.45) is 11.7 Å². The average Bonchev–Trinajstić information content (AvgIpc) is 3.27. The Kier molecular flexibility index (Phi) is 6.12. The van der Waals surface area contributed by atoms with Gasteiger partial charge in [-0.25, -0.2) is 14.6 Å². The van der Waals surface area contributed by atoms with Crippen molar-refractivity contribution in [2.75, 3.05) is 18.9 Å². The predicted octanol–water partition coefficient (Wildman–Crippen LogP) is 2.88. The minimum absolute atomic E-state index is 0.161. The molecular weight excluding hydrogens is 370 g/mol. The van der Waals surface area contributed by atoms with Gasteiger partial charge in [0.2, 0.25) is 0 Å². The molecule has 0 amide bonds. The molecule has 0 fully saturated rings. The molecule has 3 rings (SSSR count). The Morgan fingerprint density at radius 2 is 2.15 bits per heavy atom. The van der Waals surface area contributed by atoms with Gasteiger partial charge in [-0.05, 0) is 30.2 Å². The third-order valence-corrected chi connectivity index (χ3v) is 4.78. The molecule has 0 radical (unpaired) electrons. The van der Waals surface area contributed by atoms with Gasteiger partial charge in [-0.1, -0.05) is 31.4 Å². The number of fused-ring (bicyclic) bond motifs is 1. The van der Waals surface area contributed by atoms with Crippen LogP contribution in [0.1, 0.15) is 33.1 Å². The van der Waals surface area contributed by atoms with E-state index in [0.717, 1.165) is 24.8 Å². The molecular formula is C17H24ClN7O2. The summed E-state index contributed by atoms with van der Waals surface area (Å²) in [6.45, 7) is 5.82. The standard InChI is InChI=1S/C17H24ClN7O2/c1-3-5-6-10(7-19)9-26-11-8-21-15(18)12-14(11)25(4-2)17(22-12)13-16(20)24-27-23-13/h8,10H,3-7,9,19H2,1-2H3,(H2,20,24). The van der Waals surface area contributed by atoms with Gasteiger partial charge < -0.3 is 20.8 Å². The summed E-state index contributed by atoms with van der Waals surface area (Å²) in [7, 11) is 0. The Morgan fingerprint density at radius 3 is 2.78 bits per heavy atom. The number of hydrogen-bond donors (Lipinski definition) is 2. The molecule has 3 aromatic rings. The molecule has 0 bridgehead atoms. The molecule has 0 aliphatic heterocycles. The molecule has 9 nitrogen and oxygen atoms in total. The summed E-state index contributed by atoms with van der Waals surface area (Å²) in [5.41, 5.74) is 13.3. The largest absolute Gasteiger partial charge is 0.489 e.